The van der Waals surface area contributed by atoms with Crippen LogP contribution in [0.4, 0.5) is 35.1 Å². The lowest BCUT2D eigenvalue weighted by atomic mass is 9.98. The van der Waals surface area contributed by atoms with E-state index in [9.17, 15) is 22.0 Å². The van der Waals surface area contributed by atoms with Gasteiger partial charge in [0.2, 0.25) is 17.4 Å². The van der Waals surface area contributed by atoms with Crippen LogP contribution >= 0.6 is 0 Å². The summed E-state index contributed by atoms with van der Waals surface area (Å²) < 4.78 is 117. The fraction of sp³-hybridized carbons (Fsp3) is 0.143. The predicted molar refractivity (Wildman–Crippen MR) is 140 cm³/mol. The van der Waals surface area contributed by atoms with Crippen LogP contribution in [0.15, 0.2) is 0 Å². The number of hydrogen-bond acceptors (Lipinski definition) is 8. The molecule has 8 nitrogen and oxygen atoms in total. The van der Waals surface area contributed by atoms with Crippen molar-refractivity contribution in [3.8, 4) is 11.3 Å². The maximum Gasteiger partial charge on any atom is 0.241 e. The normalized spacial score (nSPS) is 12.1. The van der Waals surface area contributed by atoms with Gasteiger partial charge in [-0.15, -0.1) is 0 Å². The minimum atomic E-state index is -2.46. The maximum absolute atomic E-state index is 15.9. The van der Waals surface area contributed by atoms with Crippen molar-refractivity contribution in [1.82, 2.24) is 39.9 Å². The zero-order chi connectivity index (χ0) is 31.5. The quantitative estimate of drug-likeness (QED) is 0.0670. The lowest BCUT2D eigenvalue weighted by Gasteiger charge is -2.14. The summed E-state index contributed by atoms with van der Waals surface area (Å²) in [5.41, 5.74) is -4.44. The summed E-state index contributed by atoms with van der Waals surface area (Å²) in [7, 11) is 0. The first-order valence-corrected chi connectivity index (χ1v) is 12.6. The summed E-state index contributed by atoms with van der Waals surface area (Å²) in [4.78, 5) is 33.1. The van der Waals surface area contributed by atoms with Crippen molar-refractivity contribution in [1.29, 1.82) is 0 Å². The number of aryl methyl sites for hydroxylation is 2. The van der Waals surface area contributed by atoms with E-state index in [0.29, 0.717) is 11.4 Å². The van der Waals surface area contributed by atoms with E-state index in [1.165, 1.54) is 13.8 Å². The van der Waals surface area contributed by atoms with E-state index in [-0.39, 0.29) is 49.9 Å². The smallest absolute Gasteiger partial charge is 0.229 e. The molecule has 220 valence electrons. The van der Waals surface area contributed by atoms with Gasteiger partial charge in [-0.1, -0.05) is 0 Å². The van der Waals surface area contributed by atoms with Gasteiger partial charge in [0.1, 0.15) is 39.4 Å². The van der Waals surface area contributed by atoms with Gasteiger partial charge in [0.15, 0.2) is 40.2 Å². The van der Waals surface area contributed by atoms with Crippen LogP contribution in [0.5, 0.6) is 0 Å². The predicted octanol–water partition coefficient (Wildman–Crippen LogP) is 6.63. The fourth-order valence-corrected chi connectivity index (χ4v) is 4.93. The molecular weight excluding hydrogens is 600 g/mol. The van der Waals surface area contributed by atoms with Gasteiger partial charge in [-0.25, -0.2) is 65.6 Å². The summed E-state index contributed by atoms with van der Waals surface area (Å²) in [5, 5.41) is -0.735. The molecule has 0 spiro atoms. The van der Waals surface area contributed by atoms with Crippen molar-refractivity contribution >= 4 is 55.4 Å². The fourth-order valence-electron chi connectivity index (χ4n) is 4.93. The van der Waals surface area contributed by atoms with Crippen molar-refractivity contribution in [2.24, 2.45) is 0 Å². The van der Waals surface area contributed by atoms with Crippen LogP contribution in [-0.4, -0.2) is 39.9 Å². The Bertz CT molecular complexity index is 2460. The zero-order valence-electron chi connectivity index (χ0n) is 22.6. The first-order valence-electron chi connectivity index (χ1n) is 12.6. The highest BCUT2D eigenvalue weighted by atomic mass is 19.2. The minimum absolute atomic E-state index is 0.000134. The topological polar surface area (TPSA) is 103 Å². The molecular formula is C28H12F8N8. The summed E-state index contributed by atoms with van der Waals surface area (Å²) in [6.07, 6.45) is 0. The molecule has 0 atom stereocenters. The molecule has 3 aromatic carbocycles. The standard InChI is InChI=1S/C28H12F8N8/c1-5-6(2)13(30)10-9(12(5)29)19-22(42-26-25(39-19)37-7(3)8(4)38-26)23-20(10)40-28-27(43-23)41-21(24(36)44-28)11-14(31)16(33)18(35)17(34)15(11)32/h1-4H3. The molecule has 0 bridgehead atoms. The zero-order valence-corrected chi connectivity index (χ0v) is 22.6. The summed E-state index contributed by atoms with van der Waals surface area (Å²) in [5.74, 6) is -15.4. The van der Waals surface area contributed by atoms with E-state index >= 15 is 13.2 Å². The SMILES string of the molecule is Cc1nc2nc3c4nc5nc(-c6c(F)c(F)c(F)c(F)c6F)c(F)nc5nc4c4c(F)c(C)c(C)c(F)c4c3nc2nc1C. The number of halogens is 8. The van der Waals surface area contributed by atoms with Gasteiger partial charge in [0, 0.05) is 0 Å². The van der Waals surface area contributed by atoms with Crippen LogP contribution in [0.25, 0.3) is 66.7 Å². The van der Waals surface area contributed by atoms with E-state index in [0.717, 1.165) is 0 Å². The highest BCUT2D eigenvalue weighted by Crippen LogP contribution is 2.39. The number of aromatic nitrogens is 8. The Balaban J connectivity index is 1.69. The Kier molecular flexibility index (Phi) is 5.70. The molecule has 0 saturated carbocycles. The van der Waals surface area contributed by atoms with Gasteiger partial charge >= 0.3 is 0 Å². The maximum atomic E-state index is 15.9. The number of benzene rings is 3. The molecule has 0 radical (unpaired) electrons. The molecule has 0 aliphatic carbocycles. The summed E-state index contributed by atoms with van der Waals surface area (Å²) in [6.45, 7) is 6.01. The minimum Gasteiger partial charge on any atom is -0.229 e. The Morgan fingerprint density at radius 3 is 1.18 bits per heavy atom. The lowest BCUT2D eigenvalue weighted by molar-refractivity contribution is 0.380. The third kappa shape index (κ3) is 3.56. The second kappa shape index (κ2) is 9.11. The van der Waals surface area contributed by atoms with Gasteiger partial charge in [-0.05, 0) is 38.8 Å². The van der Waals surface area contributed by atoms with E-state index in [4.69, 9.17) is 0 Å². The molecule has 0 amide bonds. The Morgan fingerprint density at radius 2 is 0.727 bits per heavy atom. The molecule has 7 rings (SSSR count). The Hall–Kier alpha value is -5.28. The third-order valence-electron chi connectivity index (χ3n) is 7.46. The largest absolute Gasteiger partial charge is 0.241 e. The summed E-state index contributed by atoms with van der Waals surface area (Å²) in [6, 6.07) is 0. The summed E-state index contributed by atoms with van der Waals surface area (Å²) >= 11 is 0. The van der Waals surface area contributed by atoms with Gasteiger partial charge in [0.25, 0.3) is 0 Å². The molecule has 4 heterocycles. The van der Waals surface area contributed by atoms with E-state index < -0.39 is 74.6 Å². The highest BCUT2D eigenvalue weighted by molar-refractivity contribution is 6.22. The molecule has 0 aliphatic rings. The molecule has 4 aromatic heterocycles. The number of rotatable bonds is 1. The van der Waals surface area contributed by atoms with Crippen LogP contribution in [0.2, 0.25) is 0 Å². The van der Waals surface area contributed by atoms with Gasteiger partial charge in [0.05, 0.1) is 27.7 Å². The average molecular weight is 612 g/mol. The van der Waals surface area contributed by atoms with Crippen molar-refractivity contribution < 1.29 is 35.1 Å². The molecule has 0 unspecified atom stereocenters. The number of hydrogen-bond donors (Lipinski definition) is 0. The molecule has 16 heteroatoms. The first kappa shape index (κ1) is 27.5. The van der Waals surface area contributed by atoms with E-state index in [1.54, 1.807) is 13.8 Å². The van der Waals surface area contributed by atoms with Crippen molar-refractivity contribution in [2.75, 3.05) is 0 Å². The van der Waals surface area contributed by atoms with Crippen molar-refractivity contribution in [3.63, 3.8) is 0 Å². The first-order chi connectivity index (χ1) is 20.8. The van der Waals surface area contributed by atoms with Crippen LogP contribution < -0.4 is 0 Å². The second-order valence-electron chi connectivity index (χ2n) is 9.97. The number of fused-ring (bicyclic) bond motifs is 8. The van der Waals surface area contributed by atoms with Gasteiger partial charge in [-0.3, -0.25) is 0 Å². The molecule has 7 aromatic rings. The Labute approximate surface area is 238 Å². The Morgan fingerprint density at radius 1 is 0.364 bits per heavy atom. The average Bonchev–Trinajstić information content (AvgIpc) is 2.99. The monoisotopic (exact) mass is 612 g/mol. The molecule has 0 N–H and O–H groups in total. The number of nitrogens with zero attached hydrogens (tertiary/aromatic N) is 8. The second-order valence-corrected chi connectivity index (χ2v) is 9.97. The van der Waals surface area contributed by atoms with E-state index in [2.05, 4.69) is 39.9 Å². The third-order valence-corrected chi connectivity index (χ3v) is 7.46. The molecule has 44 heavy (non-hydrogen) atoms. The molecule has 0 aliphatic heterocycles. The van der Waals surface area contributed by atoms with Crippen molar-refractivity contribution in [2.45, 2.75) is 27.7 Å². The van der Waals surface area contributed by atoms with Crippen LogP contribution in [0, 0.1) is 74.4 Å². The van der Waals surface area contributed by atoms with Crippen LogP contribution in [0.1, 0.15) is 22.5 Å². The van der Waals surface area contributed by atoms with Crippen LogP contribution in [-0.2, 0) is 0 Å². The van der Waals surface area contributed by atoms with Gasteiger partial charge in [-0.2, -0.15) is 9.37 Å². The lowest BCUT2D eigenvalue weighted by Crippen LogP contribution is -2.08. The highest BCUT2D eigenvalue weighted by Gasteiger charge is 2.31. The molecule has 0 fully saturated rings. The van der Waals surface area contributed by atoms with Crippen molar-refractivity contribution in [3.05, 3.63) is 69.2 Å². The molecule has 0 saturated heterocycles. The van der Waals surface area contributed by atoms with Gasteiger partial charge < -0.3 is 0 Å². The van der Waals surface area contributed by atoms with E-state index in [1.807, 2.05) is 0 Å². The van der Waals surface area contributed by atoms with Crippen LogP contribution in [0.3, 0.4) is 0 Å².